The highest BCUT2D eigenvalue weighted by Gasteiger charge is 2.29. The molecule has 0 radical (unpaired) electrons. The highest BCUT2D eigenvalue weighted by atomic mass is 19.1. The third-order valence-electron chi connectivity index (χ3n) is 3.55. The number of hydrogen-bond donors (Lipinski definition) is 3. The molecule has 0 heterocycles. The molecule has 1 fully saturated rings. The fourth-order valence-electron chi connectivity index (χ4n) is 2.06. The first-order valence-electron chi connectivity index (χ1n) is 6.54. The molecule has 2 amide bonds. The van der Waals surface area contributed by atoms with E-state index in [0.717, 1.165) is 18.9 Å². The van der Waals surface area contributed by atoms with Crippen LogP contribution in [-0.2, 0) is 4.79 Å². The number of carbonyl (C=O) groups excluding carboxylic acids is 2. The summed E-state index contributed by atoms with van der Waals surface area (Å²) in [5, 5.41) is 2.59. The summed E-state index contributed by atoms with van der Waals surface area (Å²) >= 11 is 0. The van der Waals surface area contributed by atoms with E-state index in [1.54, 1.807) is 0 Å². The summed E-state index contributed by atoms with van der Waals surface area (Å²) in [7, 11) is 0. The fraction of sp³-hybridized carbons (Fsp3) is 0.429. The van der Waals surface area contributed by atoms with Gasteiger partial charge in [0.2, 0.25) is 11.8 Å². The smallest absolute Gasteiger partial charge is 0.248 e. The van der Waals surface area contributed by atoms with E-state index in [1.807, 2.05) is 0 Å². The molecule has 5 nitrogen and oxygen atoms in total. The molecule has 1 atom stereocenters. The number of rotatable bonds is 5. The summed E-state index contributed by atoms with van der Waals surface area (Å²) in [4.78, 5) is 23.0. The van der Waals surface area contributed by atoms with Crippen LogP contribution < -0.4 is 16.8 Å². The molecule has 1 aromatic carbocycles. The Labute approximate surface area is 116 Å². The lowest BCUT2D eigenvalue weighted by Crippen LogP contribution is -2.29. The van der Waals surface area contributed by atoms with Gasteiger partial charge in [0.15, 0.2) is 0 Å². The number of amides is 2. The molecule has 108 valence electrons. The van der Waals surface area contributed by atoms with E-state index in [0.29, 0.717) is 5.92 Å². The first-order valence-corrected chi connectivity index (χ1v) is 6.54. The molecule has 1 aliphatic rings. The van der Waals surface area contributed by atoms with Gasteiger partial charge in [-0.3, -0.25) is 9.59 Å². The van der Waals surface area contributed by atoms with Crippen LogP contribution >= 0.6 is 0 Å². The van der Waals surface area contributed by atoms with E-state index in [4.69, 9.17) is 11.5 Å². The van der Waals surface area contributed by atoms with Gasteiger partial charge in [-0.2, -0.15) is 0 Å². The standard InChI is InChI=1S/C14H18FN3O2/c1-7-10(15)4-9(14(17)20)5-12(7)18-13(19)6-11(16)8-2-3-8/h4-5,8,11H,2-3,6,16H2,1H3,(H2,17,20)(H,18,19). The molecule has 0 aliphatic heterocycles. The summed E-state index contributed by atoms with van der Waals surface area (Å²) in [6.45, 7) is 1.52. The van der Waals surface area contributed by atoms with Crippen molar-refractivity contribution in [1.82, 2.24) is 0 Å². The van der Waals surface area contributed by atoms with Crippen molar-refractivity contribution in [1.29, 1.82) is 0 Å². The second-order valence-corrected chi connectivity index (χ2v) is 5.25. The number of anilines is 1. The van der Waals surface area contributed by atoms with Crippen LogP contribution in [0.4, 0.5) is 10.1 Å². The van der Waals surface area contributed by atoms with E-state index in [9.17, 15) is 14.0 Å². The summed E-state index contributed by atoms with van der Waals surface area (Å²) in [5.41, 5.74) is 11.5. The van der Waals surface area contributed by atoms with Crippen LogP contribution in [0.15, 0.2) is 12.1 Å². The molecule has 1 unspecified atom stereocenters. The summed E-state index contributed by atoms with van der Waals surface area (Å²) in [5.74, 6) is -1.19. The van der Waals surface area contributed by atoms with Crippen molar-refractivity contribution in [3.8, 4) is 0 Å². The van der Waals surface area contributed by atoms with Crippen molar-refractivity contribution in [2.75, 3.05) is 5.32 Å². The minimum absolute atomic E-state index is 0.0230. The van der Waals surface area contributed by atoms with Crippen LogP contribution in [0.25, 0.3) is 0 Å². The molecule has 6 heteroatoms. The van der Waals surface area contributed by atoms with Gasteiger partial charge in [0, 0.05) is 29.3 Å². The molecule has 5 N–H and O–H groups in total. The van der Waals surface area contributed by atoms with E-state index < -0.39 is 11.7 Å². The Morgan fingerprint density at radius 1 is 1.45 bits per heavy atom. The minimum Gasteiger partial charge on any atom is -0.366 e. The van der Waals surface area contributed by atoms with Gasteiger partial charge in [-0.15, -0.1) is 0 Å². The van der Waals surface area contributed by atoms with Crippen LogP contribution in [0.5, 0.6) is 0 Å². The molecule has 1 saturated carbocycles. The molecule has 20 heavy (non-hydrogen) atoms. The van der Waals surface area contributed by atoms with Crippen LogP contribution in [-0.4, -0.2) is 17.9 Å². The second kappa shape index (κ2) is 5.58. The number of nitrogens with two attached hydrogens (primary N) is 2. The van der Waals surface area contributed by atoms with Crippen molar-refractivity contribution in [3.05, 3.63) is 29.1 Å². The second-order valence-electron chi connectivity index (χ2n) is 5.25. The van der Waals surface area contributed by atoms with Gasteiger partial charge in [-0.25, -0.2) is 4.39 Å². The van der Waals surface area contributed by atoms with Gasteiger partial charge in [0.1, 0.15) is 5.82 Å². The van der Waals surface area contributed by atoms with Gasteiger partial charge in [-0.05, 0) is 37.8 Å². The van der Waals surface area contributed by atoms with Crippen LogP contribution in [0.3, 0.4) is 0 Å². The molecule has 2 rings (SSSR count). The Morgan fingerprint density at radius 2 is 2.10 bits per heavy atom. The zero-order valence-corrected chi connectivity index (χ0v) is 11.3. The largest absolute Gasteiger partial charge is 0.366 e. The predicted molar refractivity (Wildman–Crippen MR) is 73.6 cm³/mol. The van der Waals surface area contributed by atoms with Crippen LogP contribution in [0, 0.1) is 18.7 Å². The normalized spacial score (nSPS) is 15.8. The number of nitrogens with one attached hydrogen (secondary N) is 1. The number of benzene rings is 1. The Kier molecular flexibility index (Phi) is 4.04. The van der Waals surface area contributed by atoms with Crippen molar-refractivity contribution in [2.45, 2.75) is 32.2 Å². The Hall–Kier alpha value is -1.95. The van der Waals surface area contributed by atoms with Gasteiger partial charge >= 0.3 is 0 Å². The van der Waals surface area contributed by atoms with Gasteiger partial charge < -0.3 is 16.8 Å². The highest BCUT2D eigenvalue weighted by Crippen LogP contribution is 2.33. The first-order chi connectivity index (χ1) is 9.38. The molecule has 0 spiro atoms. The third-order valence-corrected chi connectivity index (χ3v) is 3.55. The van der Waals surface area contributed by atoms with Crippen molar-refractivity contribution < 1.29 is 14.0 Å². The van der Waals surface area contributed by atoms with Crippen LogP contribution in [0.2, 0.25) is 0 Å². The lowest BCUT2D eigenvalue weighted by atomic mass is 10.1. The highest BCUT2D eigenvalue weighted by molar-refractivity contribution is 5.97. The quantitative estimate of drug-likeness (QED) is 0.757. The molecule has 1 aliphatic carbocycles. The minimum atomic E-state index is -0.742. The SMILES string of the molecule is Cc1c(F)cc(C(N)=O)cc1NC(=O)CC(N)C1CC1. The summed E-state index contributed by atoms with van der Waals surface area (Å²) in [6, 6.07) is 2.27. The number of carbonyl (C=O) groups is 2. The van der Waals surface area contributed by atoms with Crippen molar-refractivity contribution in [3.63, 3.8) is 0 Å². The van der Waals surface area contributed by atoms with E-state index in [2.05, 4.69) is 5.32 Å². The fourth-order valence-corrected chi connectivity index (χ4v) is 2.06. The van der Waals surface area contributed by atoms with Crippen molar-refractivity contribution in [2.24, 2.45) is 17.4 Å². The average Bonchev–Trinajstić information content (AvgIpc) is 3.18. The van der Waals surface area contributed by atoms with E-state index in [-0.39, 0.29) is 35.2 Å². The van der Waals surface area contributed by atoms with E-state index >= 15 is 0 Å². The first kappa shape index (κ1) is 14.5. The third kappa shape index (κ3) is 3.33. The maximum absolute atomic E-state index is 13.7. The zero-order valence-electron chi connectivity index (χ0n) is 11.3. The van der Waals surface area contributed by atoms with Gasteiger partial charge in [-0.1, -0.05) is 0 Å². The lowest BCUT2D eigenvalue weighted by Gasteiger charge is -2.13. The number of primary amides is 1. The Bertz CT molecular complexity index is 556. The lowest BCUT2D eigenvalue weighted by molar-refractivity contribution is -0.116. The zero-order chi connectivity index (χ0) is 14.9. The summed E-state index contributed by atoms with van der Waals surface area (Å²) < 4.78 is 13.7. The topological polar surface area (TPSA) is 98.2 Å². The summed E-state index contributed by atoms with van der Waals surface area (Å²) in [6.07, 6.45) is 2.30. The monoisotopic (exact) mass is 279 g/mol. The Balaban J connectivity index is 2.11. The maximum Gasteiger partial charge on any atom is 0.248 e. The van der Waals surface area contributed by atoms with E-state index in [1.165, 1.54) is 13.0 Å². The molecule has 0 saturated heterocycles. The molecule has 1 aromatic rings. The maximum atomic E-state index is 13.7. The van der Waals surface area contributed by atoms with Crippen LogP contribution in [0.1, 0.15) is 35.2 Å². The number of hydrogen-bond acceptors (Lipinski definition) is 3. The Morgan fingerprint density at radius 3 is 2.65 bits per heavy atom. The predicted octanol–water partition coefficient (Wildman–Crippen LogP) is 1.30. The average molecular weight is 279 g/mol. The molecule has 0 aromatic heterocycles. The molecular formula is C14H18FN3O2. The molecule has 0 bridgehead atoms. The van der Waals surface area contributed by atoms with Gasteiger partial charge in [0.05, 0.1) is 0 Å². The van der Waals surface area contributed by atoms with Gasteiger partial charge in [0.25, 0.3) is 0 Å². The molecular weight excluding hydrogens is 261 g/mol. The number of halogens is 1. The van der Waals surface area contributed by atoms with Crippen molar-refractivity contribution >= 4 is 17.5 Å².